The van der Waals surface area contributed by atoms with E-state index in [1.54, 1.807) is 36.4 Å². The number of halogens is 3. The van der Waals surface area contributed by atoms with E-state index in [1.165, 1.54) is 29.3 Å². The number of benzene rings is 4. The molecule has 318 valence electrons. The van der Waals surface area contributed by atoms with Crippen LogP contribution in [0.15, 0.2) is 112 Å². The summed E-state index contributed by atoms with van der Waals surface area (Å²) in [5.41, 5.74) is 10.5. The summed E-state index contributed by atoms with van der Waals surface area (Å²) in [6.45, 7) is 1.98. The monoisotopic (exact) mass is 861 g/mol. The molecule has 4 amide bonds. The number of rotatable bonds is 15. The third kappa shape index (κ3) is 10.2. The molecular formula is C45H42ClF2N9O5. The van der Waals surface area contributed by atoms with Gasteiger partial charge in [-0.3, -0.25) is 29.5 Å². The molecule has 1 saturated heterocycles. The third-order valence-electron chi connectivity index (χ3n) is 10.2. The molecule has 0 saturated carbocycles. The fraction of sp³-hybridized carbons (Fsp3) is 0.222. The number of piperidine rings is 1. The predicted octanol–water partition coefficient (Wildman–Crippen LogP) is 5.03. The van der Waals surface area contributed by atoms with Crippen LogP contribution in [0.2, 0.25) is 5.02 Å². The predicted molar refractivity (Wildman–Crippen MR) is 234 cm³/mol. The molecule has 14 nitrogen and oxygen atoms in total. The Hall–Kier alpha value is -6.88. The molecule has 6 N–H and O–H groups in total. The molecule has 1 unspecified atom stereocenters. The van der Waals surface area contributed by atoms with Gasteiger partial charge in [0.05, 0.1) is 55.3 Å². The van der Waals surface area contributed by atoms with Crippen LogP contribution in [0.25, 0.3) is 6.08 Å². The van der Waals surface area contributed by atoms with E-state index in [2.05, 4.69) is 31.3 Å². The lowest BCUT2D eigenvalue weighted by Crippen LogP contribution is -2.52. The molecular weight excluding hydrogens is 820 g/mol. The quantitative estimate of drug-likeness (QED) is 0.0476. The van der Waals surface area contributed by atoms with Gasteiger partial charge < -0.3 is 31.3 Å². The first kappa shape index (κ1) is 43.2. The highest BCUT2D eigenvalue weighted by Gasteiger charge is 2.40. The second kappa shape index (κ2) is 20.1. The number of hydrogen-bond acceptors (Lipinski definition) is 10. The number of carbonyl (C=O) groups is 4. The summed E-state index contributed by atoms with van der Waals surface area (Å²) in [5, 5.41) is 11.7. The average Bonchev–Trinajstić information content (AvgIpc) is 3.52. The number of nitrogens with two attached hydrogens (primary N) is 1. The number of fused-ring (bicyclic) bond motifs is 2. The Bertz CT molecular complexity index is 2520. The Balaban J connectivity index is 0.864. The summed E-state index contributed by atoms with van der Waals surface area (Å²) >= 11 is 6.38. The summed E-state index contributed by atoms with van der Waals surface area (Å²) in [5.74, 6) is -2.95. The Kier molecular flexibility index (Phi) is 14.0. The molecule has 4 aromatic carbocycles. The number of anilines is 1. The van der Waals surface area contributed by atoms with Crippen molar-refractivity contribution in [3.05, 3.63) is 147 Å². The summed E-state index contributed by atoms with van der Waals surface area (Å²) in [6.07, 6.45) is 6.78. The van der Waals surface area contributed by atoms with Crippen molar-refractivity contribution < 1.29 is 32.7 Å². The van der Waals surface area contributed by atoms with Crippen molar-refractivity contribution in [3.63, 3.8) is 0 Å². The van der Waals surface area contributed by atoms with Crippen LogP contribution >= 0.6 is 11.6 Å². The molecule has 0 aromatic heterocycles. The summed E-state index contributed by atoms with van der Waals surface area (Å²) < 4.78 is 35.7. The Morgan fingerprint density at radius 1 is 0.984 bits per heavy atom. The van der Waals surface area contributed by atoms with E-state index in [-0.39, 0.29) is 61.5 Å². The van der Waals surface area contributed by atoms with Crippen molar-refractivity contribution in [3.8, 4) is 0 Å². The van der Waals surface area contributed by atoms with Crippen molar-refractivity contribution in [2.75, 3.05) is 44.7 Å². The van der Waals surface area contributed by atoms with Crippen LogP contribution in [-0.4, -0.2) is 91.7 Å². The van der Waals surface area contributed by atoms with Crippen LogP contribution in [0, 0.1) is 11.6 Å². The second-order valence-electron chi connectivity index (χ2n) is 14.3. The molecule has 4 aromatic rings. The SMILES string of the molecule is N/C=N/C=C1/CN=C(c2c(F)cccc2F)c2cc(Cl)ccc2/C1=N/c1ccc(/C=C\NCCOCCNCC(=O)Nc2cccc3c2CN(C2CCC(=O)NC2=O)C3=O)cc1. The lowest BCUT2D eigenvalue weighted by Gasteiger charge is -2.29. The zero-order valence-corrected chi connectivity index (χ0v) is 34.1. The van der Waals surface area contributed by atoms with Crippen LogP contribution in [0.3, 0.4) is 0 Å². The van der Waals surface area contributed by atoms with Gasteiger partial charge in [-0.2, -0.15) is 0 Å². The minimum absolute atomic E-state index is 0.0216. The van der Waals surface area contributed by atoms with Gasteiger partial charge in [-0.15, -0.1) is 0 Å². The standard InChI is InChI=1S/C45H42ClF2N9O5/c46-29-9-12-31-33(21-29)43(41-35(47)4-2-5-36(41)48)53-23-28(22-52-26-49)42(31)54-30-10-7-27(8-11-30)15-16-50-17-19-62-20-18-51-24-40(59)55-37-6-1-3-32-34(37)25-57(45(32)61)38-13-14-39(58)56-44(38)60/h1-12,15-16,21-22,26,38,50-51H,13-14,17-20,23-25H2,(H2,49,52)(H,55,59)(H,56,58,60)/b16-15-,28-22-,54-42+. The molecule has 1 atom stereocenters. The molecule has 7 rings (SSSR count). The van der Waals surface area contributed by atoms with E-state index in [4.69, 9.17) is 27.1 Å². The average molecular weight is 862 g/mol. The molecule has 0 radical (unpaired) electrons. The number of ether oxygens (including phenoxy) is 1. The van der Waals surface area contributed by atoms with Gasteiger partial charge in [-0.05, 0) is 72.8 Å². The number of nitrogens with zero attached hydrogens (tertiary/aromatic N) is 4. The van der Waals surface area contributed by atoms with E-state index in [9.17, 15) is 19.2 Å². The maximum absolute atomic E-state index is 15.0. The molecule has 62 heavy (non-hydrogen) atoms. The lowest BCUT2D eigenvalue weighted by molar-refractivity contribution is -0.137. The fourth-order valence-corrected chi connectivity index (χ4v) is 7.40. The molecule has 0 bridgehead atoms. The maximum atomic E-state index is 15.0. The number of aliphatic imine (C=N–C) groups is 3. The highest BCUT2D eigenvalue weighted by molar-refractivity contribution is 6.32. The zero-order chi connectivity index (χ0) is 43.6. The van der Waals surface area contributed by atoms with Crippen LogP contribution in [0.5, 0.6) is 0 Å². The molecule has 3 heterocycles. The van der Waals surface area contributed by atoms with Crippen LogP contribution < -0.4 is 27.0 Å². The topological polar surface area (TPSA) is 192 Å². The number of imide groups is 1. The van der Waals surface area contributed by atoms with E-state index in [0.717, 1.165) is 11.9 Å². The van der Waals surface area contributed by atoms with Crippen molar-refractivity contribution in [1.82, 2.24) is 20.9 Å². The number of amides is 4. The van der Waals surface area contributed by atoms with Gasteiger partial charge in [0.1, 0.15) is 17.7 Å². The second-order valence-corrected chi connectivity index (χ2v) is 14.7. The van der Waals surface area contributed by atoms with Crippen molar-refractivity contribution in [1.29, 1.82) is 0 Å². The Morgan fingerprint density at radius 2 is 1.76 bits per heavy atom. The summed E-state index contributed by atoms with van der Waals surface area (Å²) in [7, 11) is 0. The molecule has 17 heteroatoms. The first-order chi connectivity index (χ1) is 30.1. The Morgan fingerprint density at radius 3 is 2.53 bits per heavy atom. The van der Waals surface area contributed by atoms with Gasteiger partial charge in [0.25, 0.3) is 5.91 Å². The van der Waals surface area contributed by atoms with Crippen LogP contribution in [0.1, 0.15) is 51.0 Å². The third-order valence-corrected chi connectivity index (χ3v) is 10.4. The smallest absolute Gasteiger partial charge is 0.255 e. The summed E-state index contributed by atoms with van der Waals surface area (Å²) in [4.78, 5) is 64.8. The number of carbonyl (C=O) groups excluding carboxylic acids is 4. The highest BCUT2D eigenvalue weighted by Crippen LogP contribution is 2.33. The van der Waals surface area contributed by atoms with Gasteiger partial charge in [-0.25, -0.2) is 18.8 Å². The first-order valence-corrected chi connectivity index (χ1v) is 20.1. The highest BCUT2D eigenvalue weighted by atomic mass is 35.5. The molecule has 0 spiro atoms. The van der Waals surface area contributed by atoms with Gasteiger partial charge in [0.2, 0.25) is 17.7 Å². The van der Waals surface area contributed by atoms with Crippen molar-refractivity contribution >= 4 is 70.4 Å². The summed E-state index contributed by atoms with van der Waals surface area (Å²) in [6, 6.07) is 20.5. The molecule has 3 aliphatic heterocycles. The zero-order valence-electron chi connectivity index (χ0n) is 33.3. The van der Waals surface area contributed by atoms with Crippen molar-refractivity contribution in [2.24, 2.45) is 20.7 Å². The number of nitrogens with one attached hydrogen (secondary N) is 4. The normalized spacial score (nSPS) is 17.7. The molecule has 3 aliphatic rings. The first-order valence-electron chi connectivity index (χ1n) is 19.8. The van der Waals surface area contributed by atoms with Crippen LogP contribution in [0.4, 0.5) is 20.2 Å². The molecule has 0 aliphatic carbocycles. The minimum atomic E-state index is -0.752. The van der Waals surface area contributed by atoms with Gasteiger partial charge in [0.15, 0.2) is 0 Å². The van der Waals surface area contributed by atoms with E-state index in [1.807, 2.05) is 36.5 Å². The van der Waals surface area contributed by atoms with Gasteiger partial charge >= 0.3 is 0 Å². The van der Waals surface area contributed by atoms with Crippen molar-refractivity contribution in [2.45, 2.75) is 25.4 Å². The lowest BCUT2D eigenvalue weighted by atomic mass is 9.93. The maximum Gasteiger partial charge on any atom is 0.255 e. The number of hydrogen-bond donors (Lipinski definition) is 5. The van der Waals surface area contributed by atoms with E-state index in [0.29, 0.717) is 76.2 Å². The minimum Gasteiger partial charge on any atom is -0.390 e. The largest absolute Gasteiger partial charge is 0.390 e. The molecule has 1 fully saturated rings. The van der Waals surface area contributed by atoms with Gasteiger partial charge in [-0.1, -0.05) is 41.9 Å². The van der Waals surface area contributed by atoms with Crippen LogP contribution in [-0.2, 0) is 25.7 Å². The fourth-order valence-electron chi connectivity index (χ4n) is 7.23. The Labute approximate surface area is 360 Å². The van der Waals surface area contributed by atoms with E-state index < -0.39 is 23.6 Å². The van der Waals surface area contributed by atoms with E-state index >= 15 is 8.78 Å². The van der Waals surface area contributed by atoms with Gasteiger partial charge in [0, 0.05) is 70.8 Å².